The molecule has 0 saturated heterocycles. The highest BCUT2D eigenvalue weighted by atomic mass is 32.2. The molecule has 11 heteroatoms. The van der Waals surface area contributed by atoms with Gasteiger partial charge in [0.1, 0.15) is 0 Å². The molecule has 0 aliphatic rings. The number of rotatable bonds is 7. The summed E-state index contributed by atoms with van der Waals surface area (Å²) in [5, 5.41) is 13.6. The highest BCUT2D eigenvalue weighted by Crippen LogP contribution is 2.36. The number of nitro benzene ring substituents is 1. The maximum Gasteiger partial charge on any atom is 0.416 e. The number of amides is 1. The van der Waals surface area contributed by atoms with Crippen LogP contribution in [0.2, 0.25) is 0 Å². The first-order chi connectivity index (χ1) is 13.6. The standard InChI is InChI=1S/C18H15F3N2O5S/c1-2-28-17(25)11-4-3-5-13(8-11)22-16(24)10-29-15-7-6-12(18(19,20)21)9-14(15)23(26)27/h3-9H,2,10H2,1H3,(H,22,24). The Morgan fingerprint density at radius 3 is 2.55 bits per heavy atom. The largest absolute Gasteiger partial charge is 0.462 e. The van der Waals surface area contributed by atoms with Gasteiger partial charge in [-0.2, -0.15) is 13.2 Å². The van der Waals surface area contributed by atoms with Crippen LogP contribution in [-0.2, 0) is 15.7 Å². The van der Waals surface area contributed by atoms with E-state index in [1.165, 1.54) is 24.3 Å². The molecule has 0 aliphatic heterocycles. The fourth-order valence-electron chi connectivity index (χ4n) is 2.24. The molecular formula is C18H15F3N2O5S. The first-order valence-corrected chi connectivity index (χ1v) is 9.16. The van der Waals surface area contributed by atoms with Crippen LogP contribution in [0, 0.1) is 10.1 Å². The van der Waals surface area contributed by atoms with Crippen molar-refractivity contribution in [2.75, 3.05) is 17.7 Å². The number of anilines is 1. The van der Waals surface area contributed by atoms with Gasteiger partial charge in [-0.1, -0.05) is 6.07 Å². The Bertz CT molecular complexity index is 934. The number of esters is 1. The fourth-order valence-corrected chi connectivity index (χ4v) is 3.04. The van der Waals surface area contributed by atoms with Crippen molar-refractivity contribution >= 4 is 35.0 Å². The van der Waals surface area contributed by atoms with Gasteiger partial charge < -0.3 is 10.1 Å². The molecule has 0 atom stereocenters. The second kappa shape index (κ2) is 9.41. The van der Waals surface area contributed by atoms with Crippen molar-refractivity contribution in [3.05, 3.63) is 63.7 Å². The minimum atomic E-state index is -4.71. The van der Waals surface area contributed by atoms with Crippen molar-refractivity contribution in [2.45, 2.75) is 18.0 Å². The summed E-state index contributed by atoms with van der Waals surface area (Å²) in [5.41, 5.74) is -1.34. The van der Waals surface area contributed by atoms with Crippen LogP contribution in [0.5, 0.6) is 0 Å². The van der Waals surface area contributed by atoms with Gasteiger partial charge in [-0.05, 0) is 37.3 Å². The molecule has 2 aromatic carbocycles. The Balaban J connectivity index is 2.07. The summed E-state index contributed by atoms with van der Waals surface area (Å²) in [6.45, 7) is 1.85. The third-order valence-electron chi connectivity index (χ3n) is 3.50. The smallest absolute Gasteiger partial charge is 0.416 e. The van der Waals surface area contributed by atoms with E-state index in [9.17, 15) is 32.9 Å². The maximum atomic E-state index is 12.7. The first-order valence-electron chi connectivity index (χ1n) is 8.17. The second-order valence-corrected chi connectivity index (χ2v) is 6.59. The van der Waals surface area contributed by atoms with E-state index in [-0.39, 0.29) is 22.8 Å². The lowest BCUT2D eigenvalue weighted by atomic mass is 10.2. The monoisotopic (exact) mass is 428 g/mol. The number of thioether (sulfide) groups is 1. The number of hydrogen-bond donors (Lipinski definition) is 1. The van der Waals surface area contributed by atoms with Crippen molar-refractivity contribution in [1.82, 2.24) is 0 Å². The lowest BCUT2D eigenvalue weighted by molar-refractivity contribution is -0.388. The summed E-state index contributed by atoms with van der Waals surface area (Å²) in [6.07, 6.45) is -4.71. The van der Waals surface area contributed by atoms with E-state index in [4.69, 9.17) is 4.74 Å². The summed E-state index contributed by atoms with van der Waals surface area (Å²) < 4.78 is 43.1. The lowest BCUT2D eigenvalue weighted by Gasteiger charge is -2.09. The molecule has 0 saturated carbocycles. The number of hydrogen-bond acceptors (Lipinski definition) is 6. The number of carbonyl (C=O) groups excluding carboxylic acids is 2. The molecule has 0 aliphatic carbocycles. The number of carbonyl (C=O) groups is 2. The van der Waals surface area contributed by atoms with E-state index < -0.39 is 34.2 Å². The summed E-state index contributed by atoms with van der Waals surface area (Å²) in [4.78, 5) is 33.9. The minimum Gasteiger partial charge on any atom is -0.462 e. The van der Waals surface area contributed by atoms with Gasteiger partial charge in [0.05, 0.1) is 33.3 Å². The van der Waals surface area contributed by atoms with E-state index in [1.54, 1.807) is 6.92 Å². The Labute approximate surface area is 167 Å². The SMILES string of the molecule is CCOC(=O)c1cccc(NC(=O)CSc2ccc(C(F)(F)F)cc2[N+](=O)[O-])c1. The number of benzene rings is 2. The quantitative estimate of drug-likeness (QED) is 0.301. The van der Waals surface area contributed by atoms with Crippen LogP contribution in [0.25, 0.3) is 0 Å². The van der Waals surface area contributed by atoms with Gasteiger partial charge in [0, 0.05) is 11.8 Å². The third-order valence-corrected chi connectivity index (χ3v) is 4.56. The summed E-state index contributed by atoms with van der Waals surface area (Å²) in [7, 11) is 0. The number of nitrogens with one attached hydrogen (secondary N) is 1. The summed E-state index contributed by atoms with van der Waals surface area (Å²) in [6, 6.07) is 8.09. The fraction of sp³-hybridized carbons (Fsp3) is 0.222. The van der Waals surface area contributed by atoms with Gasteiger partial charge in [0.15, 0.2) is 0 Å². The molecule has 2 rings (SSSR count). The number of halogens is 3. The Morgan fingerprint density at radius 1 is 1.21 bits per heavy atom. The van der Waals surface area contributed by atoms with Crippen LogP contribution in [0.3, 0.4) is 0 Å². The molecule has 7 nitrogen and oxygen atoms in total. The Hall–Kier alpha value is -3.08. The number of ether oxygens (including phenoxy) is 1. The van der Waals surface area contributed by atoms with E-state index in [1.807, 2.05) is 0 Å². The molecule has 1 N–H and O–H groups in total. The highest BCUT2D eigenvalue weighted by Gasteiger charge is 2.33. The van der Waals surface area contributed by atoms with E-state index in [0.717, 1.165) is 23.9 Å². The van der Waals surface area contributed by atoms with Crippen LogP contribution in [0.4, 0.5) is 24.5 Å². The number of nitro groups is 1. The zero-order chi connectivity index (χ0) is 21.6. The minimum absolute atomic E-state index is 0.0709. The molecule has 0 fully saturated rings. The Kier molecular flexibility index (Phi) is 7.21. The third kappa shape index (κ3) is 6.21. The molecule has 0 bridgehead atoms. The average Bonchev–Trinajstić information content (AvgIpc) is 2.65. The molecule has 29 heavy (non-hydrogen) atoms. The second-order valence-electron chi connectivity index (χ2n) is 5.58. The molecule has 0 aromatic heterocycles. The molecule has 0 unspecified atom stereocenters. The Morgan fingerprint density at radius 2 is 1.93 bits per heavy atom. The zero-order valence-electron chi connectivity index (χ0n) is 15.0. The zero-order valence-corrected chi connectivity index (χ0v) is 15.8. The van der Waals surface area contributed by atoms with Crippen molar-refractivity contribution in [3.63, 3.8) is 0 Å². The predicted octanol–water partition coefficient (Wildman–Crippen LogP) is 4.52. The van der Waals surface area contributed by atoms with Crippen LogP contribution in [0.15, 0.2) is 47.4 Å². The van der Waals surface area contributed by atoms with Crippen LogP contribution in [0.1, 0.15) is 22.8 Å². The maximum absolute atomic E-state index is 12.7. The van der Waals surface area contributed by atoms with Crippen molar-refractivity contribution in [1.29, 1.82) is 0 Å². The van der Waals surface area contributed by atoms with Crippen LogP contribution in [-0.4, -0.2) is 29.2 Å². The highest BCUT2D eigenvalue weighted by molar-refractivity contribution is 8.00. The molecular weight excluding hydrogens is 413 g/mol. The average molecular weight is 428 g/mol. The van der Waals surface area contributed by atoms with Crippen molar-refractivity contribution in [3.8, 4) is 0 Å². The lowest BCUT2D eigenvalue weighted by Crippen LogP contribution is -2.15. The van der Waals surface area contributed by atoms with Gasteiger partial charge in [-0.25, -0.2) is 4.79 Å². The van der Waals surface area contributed by atoms with Crippen LogP contribution < -0.4 is 5.32 Å². The molecule has 154 valence electrons. The molecule has 0 spiro atoms. The predicted molar refractivity (Wildman–Crippen MR) is 99.9 cm³/mol. The van der Waals surface area contributed by atoms with E-state index in [0.29, 0.717) is 11.8 Å². The van der Waals surface area contributed by atoms with E-state index in [2.05, 4.69) is 5.32 Å². The molecule has 1 amide bonds. The van der Waals surface area contributed by atoms with Gasteiger partial charge in [0.2, 0.25) is 5.91 Å². The van der Waals surface area contributed by atoms with Crippen LogP contribution >= 0.6 is 11.8 Å². The molecule has 2 aromatic rings. The van der Waals surface area contributed by atoms with Gasteiger partial charge in [-0.15, -0.1) is 11.8 Å². The first kappa shape index (κ1) is 22.2. The molecule has 0 radical (unpaired) electrons. The summed E-state index contributed by atoms with van der Waals surface area (Å²) >= 11 is 0.728. The van der Waals surface area contributed by atoms with Gasteiger partial charge in [0.25, 0.3) is 5.69 Å². The topological polar surface area (TPSA) is 98.5 Å². The van der Waals surface area contributed by atoms with Gasteiger partial charge >= 0.3 is 12.1 Å². The molecule has 0 heterocycles. The van der Waals surface area contributed by atoms with Crippen molar-refractivity contribution in [2.24, 2.45) is 0 Å². The number of nitrogens with zero attached hydrogens (tertiary/aromatic N) is 1. The van der Waals surface area contributed by atoms with E-state index >= 15 is 0 Å². The number of alkyl halides is 3. The summed E-state index contributed by atoms with van der Waals surface area (Å²) in [5.74, 6) is -1.39. The van der Waals surface area contributed by atoms with Gasteiger partial charge in [-0.3, -0.25) is 14.9 Å². The van der Waals surface area contributed by atoms with Crippen molar-refractivity contribution < 1.29 is 32.4 Å². The normalized spacial score (nSPS) is 11.0.